The van der Waals surface area contributed by atoms with Crippen molar-refractivity contribution in [3.8, 4) is 33.6 Å². The molecule has 0 aliphatic carbocycles. The summed E-state index contributed by atoms with van der Waals surface area (Å²) in [7, 11) is 0. The van der Waals surface area contributed by atoms with Crippen LogP contribution in [0.3, 0.4) is 0 Å². The summed E-state index contributed by atoms with van der Waals surface area (Å²) in [5.41, 5.74) is 12.2. The minimum absolute atomic E-state index is 1.16. The number of hydrogen-bond acceptors (Lipinski definition) is 1. The van der Waals surface area contributed by atoms with Crippen molar-refractivity contribution in [2.75, 3.05) is 0 Å². The molecule has 0 radical (unpaired) electrons. The third-order valence-electron chi connectivity index (χ3n) is 10.5. The number of aromatic nitrogens is 2. The minimum atomic E-state index is 1.16. The molecule has 0 amide bonds. The number of hydrogen-bond donors (Lipinski definition) is 0. The van der Waals surface area contributed by atoms with Crippen molar-refractivity contribution in [3.05, 3.63) is 182 Å². The summed E-state index contributed by atoms with van der Waals surface area (Å²) in [4.78, 5) is 0. The Balaban J connectivity index is 1.20. The molecule has 0 aliphatic rings. The lowest BCUT2D eigenvalue weighted by Gasteiger charge is -2.13. The van der Waals surface area contributed by atoms with Crippen LogP contribution >= 0.6 is 11.3 Å². The van der Waals surface area contributed by atoms with Crippen LogP contribution < -0.4 is 0 Å². The normalized spacial score (nSPS) is 11.9. The third kappa shape index (κ3) is 4.16. The number of rotatable bonds is 4. The van der Waals surface area contributed by atoms with Crippen LogP contribution in [0.2, 0.25) is 0 Å². The molecule has 0 N–H and O–H groups in total. The lowest BCUT2D eigenvalue weighted by Crippen LogP contribution is -1.97. The largest absolute Gasteiger partial charge is 0.309 e. The predicted octanol–water partition coefficient (Wildman–Crippen LogP) is 13.6. The summed E-state index contributed by atoms with van der Waals surface area (Å²) >= 11 is 1.90. The summed E-state index contributed by atoms with van der Waals surface area (Å²) in [5.74, 6) is 0. The molecule has 238 valence electrons. The van der Waals surface area contributed by atoms with Gasteiger partial charge in [-0.25, -0.2) is 0 Å². The summed E-state index contributed by atoms with van der Waals surface area (Å²) in [6, 6.07) is 66.5. The van der Waals surface area contributed by atoms with Gasteiger partial charge in [0.05, 0.1) is 27.8 Å². The molecule has 2 nitrogen and oxygen atoms in total. The van der Waals surface area contributed by atoms with E-state index in [0.29, 0.717) is 0 Å². The topological polar surface area (TPSA) is 9.86 Å². The number of benzene rings is 8. The van der Waals surface area contributed by atoms with Crippen molar-refractivity contribution in [2.24, 2.45) is 0 Å². The Morgan fingerprint density at radius 1 is 0.353 bits per heavy atom. The molecule has 0 saturated heterocycles. The van der Waals surface area contributed by atoms with Crippen LogP contribution in [0.25, 0.3) is 97.4 Å². The fourth-order valence-electron chi connectivity index (χ4n) is 8.37. The van der Waals surface area contributed by atoms with Gasteiger partial charge in [0, 0.05) is 53.0 Å². The SMILES string of the molecule is c1ccc(-c2ccccc2-c2cccc3c2sc2cccc(-n4c5ccccc5c5ccc(-n6c7ccccc7c7ccccc76)cc54)c23)cc1. The van der Waals surface area contributed by atoms with Gasteiger partial charge in [-0.3, -0.25) is 0 Å². The summed E-state index contributed by atoms with van der Waals surface area (Å²) in [6.07, 6.45) is 0. The van der Waals surface area contributed by atoms with E-state index < -0.39 is 0 Å². The molecule has 0 aliphatic heterocycles. The molecule has 0 saturated carbocycles. The average Bonchev–Trinajstić information content (AvgIpc) is 3.86. The highest BCUT2D eigenvalue weighted by Gasteiger charge is 2.20. The van der Waals surface area contributed by atoms with E-state index in [0.717, 1.165) is 5.69 Å². The smallest absolute Gasteiger partial charge is 0.0562 e. The number of para-hydroxylation sites is 3. The van der Waals surface area contributed by atoms with E-state index in [1.807, 2.05) is 11.3 Å². The van der Waals surface area contributed by atoms with Crippen LogP contribution in [0.4, 0.5) is 0 Å². The molecule has 11 rings (SSSR count). The summed E-state index contributed by atoms with van der Waals surface area (Å²) in [6.45, 7) is 0. The molecule has 3 aromatic heterocycles. The Hall–Kier alpha value is -6.42. The van der Waals surface area contributed by atoms with E-state index in [2.05, 4.69) is 191 Å². The molecule has 0 unspecified atom stereocenters. The number of fused-ring (bicyclic) bond motifs is 9. The van der Waals surface area contributed by atoms with Gasteiger partial charge in [-0.2, -0.15) is 0 Å². The van der Waals surface area contributed by atoms with Crippen molar-refractivity contribution in [2.45, 2.75) is 0 Å². The van der Waals surface area contributed by atoms with Crippen LogP contribution in [0, 0.1) is 0 Å². The van der Waals surface area contributed by atoms with Crippen LogP contribution in [-0.4, -0.2) is 9.13 Å². The molecule has 3 heteroatoms. The van der Waals surface area contributed by atoms with Crippen LogP contribution in [0.1, 0.15) is 0 Å². The molecule has 3 heterocycles. The van der Waals surface area contributed by atoms with Crippen LogP contribution in [0.15, 0.2) is 182 Å². The van der Waals surface area contributed by atoms with E-state index in [1.165, 1.54) is 91.7 Å². The van der Waals surface area contributed by atoms with E-state index in [-0.39, 0.29) is 0 Å². The first-order valence-electron chi connectivity index (χ1n) is 17.4. The van der Waals surface area contributed by atoms with Crippen molar-refractivity contribution < 1.29 is 0 Å². The minimum Gasteiger partial charge on any atom is -0.309 e. The molecular formula is C48H30N2S. The Labute approximate surface area is 298 Å². The third-order valence-corrected chi connectivity index (χ3v) is 11.7. The zero-order valence-electron chi connectivity index (χ0n) is 27.6. The first-order chi connectivity index (χ1) is 25.3. The summed E-state index contributed by atoms with van der Waals surface area (Å²) < 4.78 is 7.52. The van der Waals surface area contributed by atoms with Gasteiger partial charge in [0.1, 0.15) is 0 Å². The Kier molecular flexibility index (Phi) is 6.16. The highest BCUT2D eigenvalue weighted by molar-refractivity contribution is 7.26. The van der Waals surface area contributed by atoms with Gasteiger partial charge < -0.3 is 9.13 Å². The van der Waals surface area contributed by atoms with Crippen LogP contribution in [0.5, 0.6) is 0 Å². The van der Waals surface area contributed by atoms with Gasteiger partial charge in [-0.1, -0.05) is 140 Å². The Morgan fingerprint density at radius 3 is 1.63 bits per heavy atom. The maximum atomic E-state index is 2.50. The first kappa shape index (κ1) is 28.4. The molecule has 0 atom stereocenters. The second-order valence-corrected chi connectivity index (χ2v) is 14.3. The lowest BCUT2D eigenvalue weighted by molar-refractivity contribution is 1.16. The zero-order chi connectivity index (χ0) is 33.5. The molecule has 0 fully saturated rings. The standard InChI is InChI=1S/C48H30N2S/c1-2-14-31(15-3-1)33-16-4-5-17-34(33)39-21-12-22-40-47-44(26-13-27-46(47)51-48(39)40)50-43-25-11-8-20-37(43)38-29-28-32(30-45(38)50)49-41-23-9-6-18-35(41)36-19-7-10-24-42(36)49/h1-30H. The highest BCUT2D eigenvalue weighted by atomic mass is 32.1. The lowest BCUT2D eigenvalue weighted by atomic mass is 9.93. The van der Waals surface area contributed by atoms with Crippen molar-refractivity contribution >= 4 is 75.1 Å². The Morgan fingerprint density at radius 2 is 0.902 bits per heavy atom. The number of thiophene rings is 1. The maximum absolute atomic E-state index is 2.50. The molecule has 8 aromatic carbocycles. The van der Waals surface area contributed by atoms with Crippen molar-refractivity contribution in [1.29, 1.82) is 0 Å². The van der Waals surface area contributed by atoms with Gasteiger partial charge in [0.2, 0.25) is 0 Å². The maximum Gasteiger partial charge on any atom is 0.0562 e. The quantitative estimate of drug-likeness (QED) is 0.177. The van der Waals surface area contributed by atoms with Gasteiger partial charge in [0.25, 0.3) is 0 Å². The molecular weight excluding hydrogens is 637 g/mol. The monoisotopic (exact) mass is 666 g/mol. The summed E-state index contributed by atoms with van der Waals surface area (Å²) in [5, 5.41) is 7.64. The van der Waals surface area contributed by atoms with E-state index in [4.69, 9.17) is 0 Å². The van der Waals surface area contributed by atoms with Crippen molar-refractivity contribution in [1.82, 2.24) is 9.13 Å². The van der Waals surface area contributed by atoms with E-state index >= 15 is 0 Å². The second-order valence-electron chi connectivity index (χ2n) is 13.3. The molecule has 0 bridgehead atoms. The first-order valence-corrected chi connectivity index (χ1v) is 18.3. The van der Waals surface area contributed by atoms with Gasteiger partial charge in [-0.15, -0.1) is 11.3 Å². The van der Waals surface area contributed by atoms with E-state index in [1.54, 1.807) is 0 Å². The zero-order valence-corrected chi connectivity index (χ0v) is 28.4. The Bertz CT molecular complexity index is 3090. The predicted molar refractivity (Wildman–Crippen MR) is 219 cm³/mol. The van der Waals surface area contributed by atoms with Gasteiger partial charge >= 0.3 is 0 Å². The molecule has 51 heavy (non-hydrogen) atoms. The fraction of sp³-hybridized carbons (Fsp3) is 0. The fourth-order valence-corrected chi connectivity index (χ4v) is 9.62. The molecule has 0 spiro atoms. The van der Waals surface area contributed by atoms with Gasteiger partial charge in [-0.05, 0) is 59.2 Å². The number of nitrogens with zero attached hydrogens (tertiary/aromatic N) is 2. The second kappa shape index (κ2) is 11.0. The van der Waals surface area contributed by atoms with Crippen molar-refractivity contribution in [3.63, 3.8) is 0 Å². The average molecular weight is 667 g/mol. The molecule has 11 aromatic rings. The van der Waals surface area contributed by atoms with Gasteiger partial charge in [0.15, 0.2) is 0 Å². The van der Waals surface area contributed by atoms with E-state index in [9.17, 15) is 0 Å². The highest BCUT2D eigenvalue weighted by Crippen LogP contribution is 2.46. The van der Waals surface area contributed by atoms with Crippen LogP contribution in [-0.2, 0) is 0 Å².